The number of benzene rings is 2. The first kappa shape index (κ1) is 17.7. The third kappa shape index (κ3) is 3.18. The van der Waals surface area contributed by atoms with E-state index in [9.17, 15) is 19.5 Å². The zero-order valence-corrected chi connectivity index (χ0v) is 14.9. The Balaban J connectivity index is 1.90. The van der Waals surface area contributed by atoms with Gasteiger partial charge in [0.2, 0.25) is 5.91 Å². The van der Waals surface area contributed by atoms with Crippen LogP contribution in [0.3, 0.4) is 0 Å². The summed E-state index contributed by atoms with van der Waals surface area (Å²) < 4.78 is 0. The summed E-state index contributed by atoms with van der Waals surface area (Å²) in [4.78, 5) is 37.6. The van der Waals surface area contributed by atoms with Crippen LogP contribution in [0.1, 0.15) is 33.5 Å². The third-order valence-corrected chi connectivity index (χ3v) is 4.56. The summed E-state index contributed by atoms with van der Waals surface area (Å²) in [5, 5.41) is 12.3. The largest absolute Gasteiger partial charge is 0.478 e. The van der Waals surface area contributed by atoms with Gasteiger partial charge in [0.1, 0.15) is 6.04 Å². The van der Waals surface area contributed by atoms with Crippen molar-refractivity contribution in [1.82, 2.24) is 0 Å². The Morgan fingerprint density at radius 1 is 1.08 bits per heavy atom. The van der Waals surface area contributed by atoms with Gasteiger partial charge in [-0.2, -0.15) is 0 Å². The van der Waals surface area contributed by atoms with Crippen LogP contribution in [0.5, 0.6) is 0 Å². The fourth-order valence-electron chi connectivity index (χ4n) is 3.14. The highest BCUT2D eigenvalue weighted by molar-refractivity contribution is 6.23. The van der Waals surface area contributed by atoms with Gasteiger partial charge < -0.3 is 10.4 Å². The predicted molar refractivity (Wildman–Crippen MR) is 98.6 cm³/mol. The van der Waals surface area contributed by atoms with Crippen molar-refractivity contribution in [2.24, 2.45) is 0 Å². The number of hydrogen-bond acceptors (Lipinski definition) is 4. The van der Waals surface area contributed by atoms with Gasteiger partial charge in [0.05, 0.1) is 17.7 Å². The Morgan fingerprint density at radius 3 is 2.46 bits per heavy atom. The zero-order valence-electron chi connectivity index (χ0n) is 14.9. The highest BCUT2D eigenvalue weighted by Gasteiger charge is 2.40. The average Bonchev–Trinajstić information content (AvgIpc) is 2.84. The van der Waals surface area contributed by atoms with Crippen LogP contribution < -0.4 is 10.2 Å². The number of amides is 2. The quantitative estimate of drug-likeness (QED) is 0.826. The number of carboxylic acid groups (broad SMARTS) is 1. The van der Waals surface area contributed by atoms with Gasteiger partial charge in [0, 0.05) is 5.69 Å². The van der Waals surface area contributed by atoms with E-state index in [0.717, 1.165) is 21.7 Å². The van der Waals surface area contributed by atoms with E-state index >= 15 is 0 Å². The molecule has 6 heteroatoms. The molecule has 1 heterocycles. The van der Waals surface area contributed by atoms with Crippen molar-refractivity contribution in [3.05, 3.63) is 58.7 Å². The van der Waals surface area contributed by atoms with Crippen molar-refractivity contribution in [3.8, 4) is 0 Å². The van der Waals surface area contributed by atoms with Crippen molar-refractivity contribution in [2.75, 3.05) is 10.2 Å². The number of hydrogen-bond donors (Lipinski definition) is 2. The van der Waals surface area contributed by atoms with Crippen molar-refractivity contribution in [3.63, 3.8) is 0 Å². The van der Waals surface area contributed by atoms with Crippen molar-refractivity contribution in [2.45, 2.75) is 33.2 Å². The predicted octanol–water partition coefficient (Wildman–Crippen LogP) is 3.05. The SMILES string of the molecule is Cc1ccc(NC2CC(=O)N(c3cc(C(=O)O)ccc3C)C2=O)c(C)c1. The van der Waals surface area contributed by atoms with Crippen LogP contribution in [0.4, 0.5) is 11.4 Å². The molecule has 0 spiro atoms. The molecule has 1 atom stereocenters. The van der Waals surface area contributed by atoms with Gasteiger partial charge in [-0.1, -0.05) is 23.8 Å². The zero-order chi connectivity index (χ0) is 19.0. The molecule has 134 valence electrons. The number of rotatable bonds is 4. The number of aryl methyl sites for hydroxylation is 3. The maximum Gasteiger partial charge on any atom is 0.335 e. The molecule has 6 nitrogen and oxygen atoms in total. The Kier molecular flexibility index (Phi) is 4.50. The normalized spacial score (nSPS) is 16.9. The lowest BCUT2D eigenvalue weighted by atomic mass is 10.1. The van der Waals surface area contributed by atoms with E-state index in [4.69, 9.17) is 0 Å². The van der Waals surface area contributed by atoms with E-state index < -0.39 is 12.0 Å². The molecule has 2 N–H and O–H groups in total. The Morgan fingerprint density at radius 2 is 1.81 bits per heavy atom. The van der Waals surface area contributed by atoms with E-state index in [0.29, 0.717) is 11.3 Å². The molecule has 3 rings (SSSR count). The summed E-state index contributed by atoms with van der Waals surface area (Å²) in [5.74, 6) is -1.82. The summed E-state index contributed by atoms with van der Waals surface area (Å²) >= 11 is 0. The van der Waals surface area contributed by atoms with Gasteiger partial charge in [-0.3, -0.25) is 9.59 Å². The number of imide groups is 1. The molecule has 1 aliphatic rings. The van der Waals surface area contributed by atoms with E-state index in [1.165, 1.54) is 12.1 Å². The number of nitrogens with one attached hydrogen (secondary N) is 1. The van der Waals surface area contributed by atoms with Crippen molar-refractivity contribution < 1.29 is 19.5 Å². The number of carbonyl (C=O) groups is 3. The lowest BCUT2D eigenvalue weighted by Crippen LogP contribution is -2.35. The van der Waals surface area contributed by atoms with Gasteiger partial charge >= 0.3 is 5.97 Å². The topological polar surface area (TPSA) is 86.7 Å². The number of anilines is 2. The average molecular weight is 352 g/mol. The summed E-state index contributed by atoms with van der Waals surface area (Å²) in [5.41, 5.74) is 3.95. The number of aromatic carboxylic acids is 1. The molecule has 0 bridgehead atoms. The lowest BCUT2D eigenvalue weighted by Gasteiger charge is -2.19. The Bertz CT molecular complexity index is 920. The molecule has 0 radical (unpaired) electrons. The van der Waals surface area contributed by atoms with Crippen LogP contribution in [-0.4, -0.2) is 28.9 Å². The molecule has 2 amide bonds. The number of carboxylic acids is 1. The first-order valence-electron chi connectivity index (χ1n) is 8.32. The summed E-state index contributed by atoms with van der Waals surface area (Å²) in [7, 11) is 0. The fourth-order valence-corrected chi connectivity index (χ4v) is 3.14. The minimum Gasteiger partial charge on any atom is -0.478 e. The molecule has 2 aromatic carbocycles. The minimum absolute atomic E-state index is 0.0306. The molecular weight excluding hydrogens is 332 g/mol. The Hall–Kier alpha value is -3.15. The molecule has 1 saturated heterocycles. The summed E-state index contributed by atoms with van der Waals surface area (Å²) in [6.45, 7) is 5.67. The van der Waals surface area contributed by atoms with Crippen LogP contribution >= 0.6 is 0 Å². The highest BCUT2D eigenvalue weighted by Crippen LogP contribution is 2.29. The molecule has 26 heavy (non-hydrogen) atoms. The Labute approximate surface area is 151 Å². The van der Waals surface area contributed by atoms with E-state index in [1.54, 1.807) is 13.0 Å². The lowest BCUT2D eigenvalue weighted by molar-refractivity contribution is -0.121. The molecule has 1 unspecified atom stereocenters. The molecule has 0 aromatic heterocycles. The van der Waals surface area contributed by atoms with Gasteiger partial charge in [0.15, 0.2) is 0 Å². The maximum atomic E-state index is 12.8. The van der Waals surface area contributed by atoms with E-state index in [-0.39, 0.29) is 23.8 Å². The molecular formula is C20H20N2O4. The van der Waals surface area contributed by atoms with Crippen LogP contribution in [0.15, 0.2) is 36.4 Å². The maximum absolute atomic E-state index is 12.8. The minimum atomic E-state index is -1.10. The summed E-state index contributed by atoms with van der Waals surface area (Å²) in [6.07, 6.45) is 0.0306. The molecule has 1 fully saturated rings. The van der Waals surface area contributed by atoms with E-state index in [2.05, 4.69) is 5.32 Å². The van der Waals surface area contributed by atoms with Gasteiger partial charge in [-0.25, -0.2) is 9.69 Å². The van der Waals surface area contributed by atoms with Gasteiger partial charge in [0.25, 0.3) is 5.91 Å². The number of carbonyl (C=O) groups excluding carboxylic acids is 2. The highest BCUT2D eigenvalue weighted by atomic mass is 16.4. The second-order valence-corrected chi connectivity index (χ2v) is 6.59. The summed E-state index contributed by atoms with van der Waals surface area (Å²) in [6, 6.07) is 9.59. The van der Waals surface area contributed by atoms with Crippen LogP contribution in [0, 0.1) is 20.8 Å². The van der Waals surface area contributed by atoms with Crippen LogP contribution in [0.2, 0.25) is 0 Å². The monoisotopic (exact) mass is 352 g/mol. The molecule has 1 aliphatic heterocycles. The standard InChI is InChI=1S/C20H20N2O4/c1-11-4-7-15(13(3)8-11)21-16-10-18(23)22(19(16)24)17-9-14(20(25)26)6-5-12(17)2/h4-9,16,21H,10H2,1-3H3,(H,25,26). The van der Waals surface area contributed by atoms with Crippen molar-refractivity contribution >= 4 is 29.2 Å². The van der Waals surface area contributed by atoms with E-state index in [1.807, 2.05) is 32.0 Å². The third-order valence-electron chi connectivity index (χ3n) is 4.56. The first-order valence-corrected chi connectivity index (χ1v) is 8.32. The van der Waals surface area contributed by atoms with Crippen LogP contribution in [0.25, 0.3) is 0 Å². The number of nitrogens with zero attached hydrogens (tertiary/aromatic N) is 1. The fraction of sp³-hybridized carbons (Fsp3) is 0.250. The smallest absolute Gasteiger partial charge is 0.335 e. The molecule has 0 aliphatic carbocycles. The molecule has 2 aromatic rings. The second kappa shape index (κ2) is 6.63. The van der Waals surface area contributed by atoms with Gasteiger partial charge in [-0.15, -0.1) is 0 Å². The first-order chi connectivity index (χ1) is 12.3. The molecule has 0 saturated carbocycles. The van der Waals surface area contributed by atoms with Crippen LogP contribution in [-0.2, 0) is 9.59 Å². The van der Waals surface area contributed by atoms with Gasteiger partial charge in [-0.05, 0) is 50.1 Å². The second-order valence-electron chi connectivity index (χ2n) is 6.59. The van der Waals surface area contributed by atoms with Crippen molar-refractivity contribution in [1.29, 1.82) is 0 Å².